The van der Waals surface area contributed by atoms with Crippen LogP contribution < -0.4 is 5.73 Å². The van der Waals surface area contributed by atoms with Crippen molar-refractivity contribution in [2.75, 3.05) is 6.54 Å². The van der Waals surface area contributed by atoms with Crippen LogP contribution in [0, 0.1) is 0 Å². The lowest BCUT2D eigenvalue weighted by atomic mass is 10.1. The molecule has 0 saturated carbocycles. The highest BCUT2D eigenvalue weighted by Gasteiger charge is 2.59. The van der Waals surface area contributed by atoms with Crippen molar-refractivity contribution in [3.8, 4) is 0 Å². The minimum absolute atomic E-state index is 0.0956. The van der Waals surface area contributed by atoms with Gasteiger partial charge in [0, 0.05) is 12.6 Å². The Hall–Kier alpha value is -0.620. The summed E-state index contributed by atoms with van der Waals surface area (Å²) in [5.74, 6) is -0.335. The molecule has 6 heteroatoms. The molecule has 0 aliphatic carbocycles. The van der Waals surface area contributed by atoms with Gasteiger partial charge in [-0.1, -0.05) is 0 Å². The van der Waals surface area contributed by atoms with Gasteiger partial charge in [-0.2, -0.15) is 0 Å². The van der Waals surface area contributed by atoms with Crippen molar-refractivity contribution in [2.45, 2.75) is 38.0 Å². The molecule has 1 heterocycles. The third-order valence-corrected chi connectivity index (χ3v) is 4.86. The van der Waals surface area contributed by atoms with Gasteiger partial charge in [0.1, 0.15) is 0 Å². The van der Waals surface area contributed by atoms with E-state index in [9.17, 15) is 13.2 Å². The number of carbonyl (C=O) groups is 1. The van der Waals surface area contributed by atoms with E-state index >= 15 is 0 Å². The molecule has 1 rings (SSSR count). The van der Waals surface area contributed by atoms with E-state index < -0.39 is 14.8 Å². The molecule has 0 spiro atoms. The molecule has 0 radical (unpaired) electrons. The lowest BCUT2D eigenvalue weighted by Gasteiger charge is -2.43. The molecule has 0 bridgehead atoms. The smallest absolute Gasteiger partial charge is 0.258 e. The van der Waals surface area contributed by atoms with Crippen molar-refractivity contribution in [1.82, 2.24) is 4.31 Å². The van der Waals surface area contributed by atoms with Crippen LogP contribution in [-0.2, 0) is 14.8 Å². The van der Waals surface area contributed by atoms with Crippen molar-refractivity contribution in [1.29, 1.82) is 0 Å². The summed E-state index contributed by atoms with van der Waals surface area (Å²) in [6.07, 6.45) is 0.501. The van der Waals surface area contributed by atoms with Crippen molar-refractivity contribution in [3.05, 3.63) is 0 Å². The summed E-state index contributed by atoms with van der Waals surface area (Å²) in [7, 11) is -3.42. The molecule has 0 aromatic carbocycles. The minimum atomic E-state index is -3.42. The average molecular weight is 220 g/mol. The lowest BCUT2D eigenvalue weighted by Crippen LogP contribution is -2.67. The molecule has 1 aliphatic rings. The fourth-order valence-corrected chi connectivity index (χ4v) is 2.84. The number of nitrogens with zero attached hydrogens (tertiary/aromatic N) is 1. The molecule has 2 N–H and O–H groups in total. The van der Waals surface area contributed by atoms with Crippen molar-refractivity contribution in [3.63, 3.8) is 0 Å². The molecular formula is C8H16N2O3S. The van der Waals surface area contributed by atoms with Gasteiger partial charge in [-0.05, 0) is 27.2 Å². The molecule has 1 unspecified atom stereocenters. The van der Waals surface area contributed by atoms with Gasteiger partial charge in [0.15, 0.2) is 4.75 Å². The van der Waals surface area contributed by atoms with Crippen LogP contribution in [0.25, 0.3) is 0 Å². The second kappa shape index (κ2) is 3.20. The second-order valence-corrected chi connectivity index (χ2v) is 6.57. The SMILES string of the molecule is CC(N)CCN1C(=O)C(C)(C)S1(=O)=O. The number of sulfonamides is 1. The molecule has 1 saturated heterocycles. The van der Waals surface area contributed by atoms with Crippen LogP contribution in [0.15, 0.2) is 0 Å². The summed E-state index contributed by atoms with van der Waals surface area (Å²) in [5, 5.41) is 0. The predicted octanol–water partition coefficient (Wildman–Crippen LogP) is -0.326. The average Bonchev–Trinajstić information content (AvgIpc) is 2.02. The molecule has 0 aromatic rings. The first kappa shape index (κ1) is 11.5. The quantitative estimate of drug-likeness (QED) is 0.706. The molecular weight excluding hydrogens is 204 g/mol. The third-order valence-electron chi connectivity index (χ3n) is 2.46. The van der Waals surface area contributed by atoms with Crippen LogP contribution >= 0.6 is 0 Å². The molecule has 1 aliphatic heterocycles. The molecule has 1 atom stereocenters. The lowest BCUT2D eigenvalue weighted by molar-refractivity contribution is -0.132. The Morgan fingerprint density at radius 2 is 2.00 bits per heavy atom. The highest BCUT2D eigenvalue weighted by Crippen LogP contribution is 2.34. The standard InChI is InChI=1S/C8H16N2O3S/c1-6(9)4-5-10-7(11)8(2,3)14(10,12)13/h6H,4-5,9H2,1-3H3. The zero-order valence-corrected chi connectivity index (χ0v) is 9.47. The number of carbonyl (C=O) groups excluding carboxylic acids is 1. The van der Waals surface area contributed by atoms with E-state index in [0.717, 1.165) is 4.31 Å². The van der Waals surface area contributed by atoms with Gasteiger partial charge in [-0.25, -0.2) is 12.7 Å². The molecule has 5 nitrogen and oxygen atoms in total. The van der Waals surface area contributed by atoms with Gasteiger partial charge in [0.2, 0.25) is 0 Å². The summed E-state index contributed by atoms with van der Waals surface area (Å²) in [4.78, 5) is 11.4. The molecule has 14 heavy (non-hydrogen) atoms. The fraction of sp³-hybridized carbons (Fsp3) is 0.875. The van der Waals surface area contributed by atoms with Gasteiger partial charge < -0.3 is 5.73 Å². The van der Waals surface area contributed by atoms with E-state index in [1.165, 1.54) is 13.8 Å². The number of hydrogen-bond donors (Lipinski definition) is 1. The fourth-order valence-electron chi connectivity index (χ4n) is 1.30. The molecule has 82 valence electrons. The molecule has 1 fully saturated rings. The van der Waals surface area contributed by atoms with Crippen molar-refractivity contribution < 1.29 is 13.2 Å². The monoisotopic (exact) mass is 220 g/mol. The zero-order valence-electron chi connectivity index (χ0n) is 8.65. The Morgan fingerprint density at radius 1 is 1.50 bits per heavy atom. The summed E-state index contributed by atoms with van der Waals surface area (Å²) in [6.45, 7) is 4.82. The maximum absolute atomic E-state index is 11.6. The summed E-state index contributed by atoms with van der Waals surface area (Å²) >= 11 is 0. The van der Waals surface area contributed by atoms with Crippen LogP contribution in [0.3, 0.4) is 0 Å². The number of nitrogens with two attached hydrogens (primary N) is 1. The summed E-state index contributed by atoms with van der Waals surface area (Å²) in [6, 6.07) is -0.0956. The molecule has 1 amide bonds. The van der Waals surface area contributed by atoms with Crippen LogP contribution in [0.4, 0.5) is 0 Å². The number of amides is 1. The Morgan fingerprint density at radius 3 is 2.36 bits per heavy atom. The Labute approximate surface area is 84.3 Å². The van der Waals surface area contributed by atoms with Gasteiger partial charge in [-0.3, -0.25) is 4.79 Å². The first-order chi connectivity index (χ1) is 6.21. The van der Waals surface area contributed by atoms with Crippen LogP contribution in [-0.4, -0.2) is 36.0 Å². The van der Waals surface area contributed by atoms with E-state index in [-0.39, 0.29) is 18.5 Å². The normalized spacial score (nSPS) is 25.7. The summed E-state index contributed by atoms with van der Waals surface area (Å²) < 4.78 is 22.8. The van der Waals surface area contributed by atoms with Gasteiger partial charge in [0.05, 0.1) is 0 Å². The zero-order chi connectivity index (χ0) is 11.1. The highest BCUT2D eigenvalue weighted by atomic mass is 32.2. The van der Waals surface area contributed by atoms with Gasteiger partial charge >= 0.3 is 0 Å². The first-order valence-corrected chi connectivity index (χ1v) is 5.97. The first-order valence-electron chi connectivity index (χ1n) is 4.53. The van der Waals surface area contributed by atoms with E-state index in [4.69, 9.17) is 5.73 Å². The van der Waals surface area contributed by atoms with Gasteiger partial charge in [0.25, 0.3) is 15.9 Å². The van der Waals surface area contributed by atoms with Gasteiger partial charge in [-0.15, -0.1) is 0 Å². The Bertz CT molecular complexity index is 346. The summed E-state index contributed by atoms with van der Waals surface area (Å²) in [5.41, 5.74) is 5.49. The topological polar surface area (TPSA) is 80.5 Å². The van der Waals surface area contributed by atoms with E-state index in [1.54, 1.807) is 6.92 Å². The maximum atomic E-state index is 11.6. The van der Waals surface area contributed by atoms with E-state index in [2.05, 4.69) is 0 Å². The molecule has 0 aromatic heterocycles. The Kier molecular flexibility index (Phi) is 2.62. The Balaban J connectivity index is 2.72. The van der Waals surface area contributed by atoms with E-state index in [1.807, 2.05) is 0 Å². The van der Waals surface area contributed by atoms with Crippen molar-refractivity contribution in [2.24, 2.45) is 5.73 Å². The number of hydrogen-bond acceptors (Lipinski definition) is 4. The minimum Gasteiger partial charge on any atom is -0.328 e. The predicted molar refractivity (Wildman–Crippen MR) is 53.0 cm³/mol. The second-order valence-electron chi connectivity index (χ2n) is 4.16. The largest absolute Gasteiger partial charge is 0.328 e. The third kappa shape index (κ3) is 1.42. The van der Waals surface area contributed by atoms with Crippen LogP contribution in [0.1, 0.15) is 27.2 Å². The van der Waals surface area contributed by atoms with Crippen molar-refractivity contribution >= 4 is 15.9 Å². The van der Waals surface area contributed by atoms with Crippen LogP contribution in [0.2, 0.25) is 0 Å². The van der Waals surface area contributed by atoms with Crippen LogP contribution in [0.5, 0.6) is 0 Å². The van der Waals surface area contributed by atoms with E-state index in [0.29, 0.717) is 6.42 Å². The number of rotatable bonds is 3. The highest BCUT2D eigenvalue weighted by molar-refractivity contribution is 7.94. The maximum Gasteiger partial charge on any atom is 0.258 e.